The minimum absolute atomic E-state index is 0.101. The average Bonchev–Trinajstić information content (AvgIpc) is 2.74. The molecule has 0 aliphatic rings. The molecule has 146 valence electrons. The fraction of sp³-hybridized carbons (Fsp3) is 0.250. The summed E-state index contributed by atoms with van der Waals surface area (Å²) < 4.78 is 10.7. The van der Waals surface area contributed by atoms with Crippen molar-refractivity contribution in [1.82, 2.24) is 15.0 Å². The Morgan fingerprint density at radius 1 is 1.07 bits per heavy atom. The number of nitrogens with one attached hydrogen (secondary N) is 2. The minimum Gasteiger partial charge on any atom is -0.497 e. The predicted octanol–water partition coefficient (Wildman–Crippen LogP) is 3.09. The second-order valence-corrected chi connectivity index (χ2v) is 5.90. The predicted molar refractivity (Wildman–Crippen MR) is 108 cm³/mol. The first-order chi connectivity index (χ1) is 13.7. The van der Waals surface area contributed by atoms with Gasteiger partial charge in [0.05, 0.1) is 25.6 Å². The van der Waals surface area contributed by atoms with E-state index >= 15 is 0 Å². The molecule has 8 nitrogen and oxygen atoms in total. The highest BCUT2D eigenvalue weighted by molar-refractivity contribution is 5.70. The Kier molecular flexibility index (Phi) is 6.59. The Hall–Kier alpha value is -3.39. The Morgan fingerprint density at radius 3 is 2.68 bits per heavy atom. The van der Waals surface area contributed by atoms with Crippen LogP contribution in [0.15, 0.2) is 48.8 Å². The van der Waals surface area contributed by atoms with E-state index in [1.807, 2.05) is 30.3 Å². The summed E-state index contributed by atoms with van der Waals surface area (Å²) in [4.78, 5) is 13.2. The number of hydrogen-bond acceptors (Lipinski definition) is 8. The van der Waals surface area contributed by atoms with Crippen LogP contribution in [-0.4, -0.2) is 47.4 Å². The molecule has 2 heterocycles. The first-order valence-electron chi connectivity index (χ1n) is 8.86. The number of aliphatic hydroxyl groups is 1. The molecule has 0 atom stereocenters. The van der Waals surface area contributed by atoms with Crippen LogP contribution in [0, 0.1) is 0 Å². The van der Waals surface area contributed by atoms with Crippen LogP contribution < -0.4 is 20.1 Å². The molecular formula is C20H23N5O3. The van der Waals surface area contributed by atoms with Gasteiger partial charge in [0.1, 0.15) is 17.3 Å². The number of ether oxygens (including phenoxy) is 2. The molecule has 0 fully saturated rings. The Balaban J connectivity index is 1.94. The molecule has 0 saturated heterocycles. The van der Waals surface area contributed by atoms with Crippen molar-refractivity contribution in [2.75, 3.05) is 38.0 Å². The summed E-state index contributed by atoms with van der Waals surface area (Å²) in [6, 6.07) is 11.1. The Morgan fingerprint density at radius 2 is 1.96 bits per heavy atom. The van der Waals surface area contributed by atoms with Crippen LogP contribution in [0.3, 0.4) is 0 Å². The third-order valence-corrected chi connectivity index (χ3v) is 3.97. The number of aliphatic hydroxyl groups excluding tert-OH is 1. The van der Waals surface area contributed by atoms with Crippen molar-refractivity contribution in [3.05, 3.63) is 48.8 Å². The van der Waals surface area contributed by atoms with E-state index in [4.69, 9.17) is 14.6 Å². The number of anilines is 3. The Bertz CT molecular complexity index is 906. The second-order valence-electron chi connectivity index (χ2n) is 5.90. The number of rotatable bonds is 9. The van der Waals surface area contributed by atoms with E-state index in [9.17, 15) is 0 Å². The number of pyridine rings is 1. The van der Waals surface area contributed by atoms with Crippen LogP contribution in [0.25, 0.3) is 11.3 Å². The van der Waals surface area contributed by atoms with E-state index in [1.165, 1.54) is 0 Å². The molecule has 0 bridgehead atoms. The van der Waals surface area contributed by atoms with Crippen molar-refractivity contribution < 1.29 is 14.6 Å². The lowest BCUT2D eigenvalue weighted by Crippen LogP contribution is -2.09. The van der Waals surface area contributed by atoms with Crippen LogP contribution in [0.5, 0.6) is 11.5 Å². The third-order valence-electron chi connectivity index (χ3n) is 3.97. The van der Waals surface area contributed by atoms with E-state index in [-0.39, 0.29) is 6.61 Å². The molecule has 3 aromatic rings. The lowest BCUT2D eigenvalue weighted by Gasteiger charge is -2.14. The van der Waals surface area contributed by atoms with Gasteiger partial charge in [-0.1, -0.05) is 0 Å². The molecule has 2 aromatic heterocycles. The molecule has 3 rings (SSSR count). The monoisotopic (exact) mass is 381 g/mol. The van der Waals surface area contributed by atoms with E-state index in [1.54, 1.807) is 32.7 Å². The van der Waals surface area contributed by atoms with E-state index < -0.39 is 0 Å². The van der Waals surface area contributed by atoms with Crippen LogP contribution in [0.2, 0.25) is 0 Å². The highest BCUT2D eigenvalue weighted by Crippen LogP contribution is 2.32. The van der Waals surface area contributed by atoms with Gasteiger partial charge in [-0.25, -0.2) is 4.98 Å². The first kappa shape index (κ1) is 19.4. The second kappa shape index (κ2) is 9.52. The molecule has 0 saturated carbocycles. The van der Waals surface area contributed by atoms with Gasteiger partial charge in [-0.05, 0) is 30.7 Å². The lowest BCUT2D eigenvalue weighted by atomic mass is 10.2. The largest absolute Gasteiger partial charge is 0.497 e. The van der Waals surface area contributed by atoms with E-state index in [0.29, 0.717) is 36.2 Å². The Labute approximate surface area is 163 Å². The molecule has 0 unspecified atom stereocenters. The number of benzene rings is 1. The minimum atomic E-state index is 0.101. The van der Waals surface area contributed by atoms with Crippen LogP contribution >= 0.6 is 0 Å². The fourth-order valence-corrected chi connectivity index (χ4v) is 2.57. The third kappa shape index (κ3) is 4.86. The fourth-order valence-electron chi connectivity index (χ4n) is 2.57. The molecule has 0 radical (unpaired) electrons. The smallest absolute Gasteiger partial charge is 0.225 e. The van der Waals surface area contributed by atoms with Gasteiger partial charge in [0.15, 0.2) is 0 Å². The maximum Gasteiger partial charge on any atom is 0.225 e. The molecule has 3 N–H and O–H groups in total. The van der Waals surface area contributed by atoms with Crippen LogP contribution in [-0.2, 0) is 0 Å². The molecule has 1 aromatic carbocycles. The quantitative estimate of drug-likeness (QED) is 0.486. The zero-order valence-electron chi connectivity index (χ0n) is 15.8. The van der Waals surface area contributed by atoms with Gasteiger partial charge in [0, 0.05) is 43.2 Å². The average molecular weight is 381 g/mol. The van der Waals surface area contributed by atoms with Crippen molar-refractivity contribution >= 4 is 17.5 Å². The molecule has 28 heavy (non-hydrogen) atoms. The summed E-state index contributed by atoms with van der Waals surface area (Å²) in [6.45, 7) is 0.668. The number of nitrogens with zero attached hydrogens (tertiary/aromatic N) is 3. The van der Waals surface area contributed by atoms with Crippen LogP contribution in [0.4, 0.5) is 17.5 Å². The van der Waals surface area contributed by atoms with Crippen molar-refractivity contribution in [3.8, 4) is 22.8 Å². The van der Waals surface area contributed by atoms with Gasteiger partial charge >= 0.3 is 0 Å². The summed E-state index contributed by atoms with van der Waals surface area (Å²) in [5.74, 6) is 2.40. The first-order valence-corrected chi connectivity index (χ1v) is 8.86. The summed E-state index contributed by atoms with van der Waals surface area (Å²) in [6.07, 6.45) is 4.07. The van der Waals surface area contributed by atoms with Crippen molar-refractivity contribution in [1.29, 1.82) is 0 Å². The summed E-state index contributed by atoms with van der Waals surface area (Å²) in [5, 5.41) is 15.4. The van der Waals surface area contributed by atoms with Gasteiger partial charge in [-0.15, -0.1) is 0 Å². The lowest BCUT2D eigenvalue weighted by molar-refractivity contribution is 0.292. The molecule has 0 aliphatic heterocycles. The van der Waals surface area contributed by atoms with Gasteiger partial charge in [0.25, 0.3) is 0 Å². The summed E-state index contributed by atoms with van der Waals surface area (Å²) in [7, 11) is 3.21. The van der Waals surface area contributed by atoms with E-state index in [2.05, 4.69) is 25.6 Å². The highest BCUT2D eigenvalue weighted by atomic mass is 16.5. The number of methoxy groups -OCH3 is 2. The molecule has 8 heteroatoms. The highest BCUT2D eigenvalue weighted by Gasteiger charge is 2.10. The van der Waals surface area contributed by atoms with Gasteiger partial charge in [-0.2, -0.15) is 4.98 Å². The molecule has 0 aliphatic carbocycles. The van der Waals surface area contributed by atoms with Crippen molar-refractivity contribution in [2.24, 2.45) is 0 Å². The normalized spacial score (nSPS) is 10.4. The zero-order valence-corrected chi connectivity index (χ0v) is 15.8. The topological polar surface area (TPSA) is 101 Å². The van der Waals surface area contributed by atoms with Crippen molar-refractivity contribution in [2.45, 2.75) is 6.42 Å². The molecule has 0 spiro atoms. The van der Waals surface area contributed by atoms with Crippen LogP contribution in [0.1, 0.15) is 6.42 Å². The summed E-state index contributed by atoms with van der Waals surface area (Å²) in [5.41, 5.74) is 2.35. The maximum absolute atomic E-state index is 9.00. The van der Waals surface area contributed by atoms with E-state index in [0.717, 1.165) is 16.9 Å². The molecule has 0 amide bonds. The molecular weight excluding hydrogens is 358 g/mol. The number of aromatic nitrogens is 3. The van der Waals surface area contributed by atoms with Gasteiger partial charge < -0.3 is 25.2 Å². The zero-order chi connectivity index (χ0) is 19.8. The van der Waals surface area contributed by atoms with Crippen molar-refractivity contribution in [3.63, 3.8) is 0 Å². The maximum atomic E-state index is 9.00. The number of hydrogen-bond donors (Lipinski definition) is 3. The SMILES string of the molecule is COc1ccc(Nc2cc(-c3cccnc3)nc(NCCCO)n2)c(OC)c1. The van der Waals surface area contributed by atoms with Gasteiger partial charge in [-0.3, -0.25) is 4.98 Å². The standard InChI is InChI=1S/C20H23N5O3/c1-27-15-6-7-16(18(11-15)28-2)23-19-12-17(14-5-3-8-21-13-14)24-20(25-19)22-9-4-10-26/h3,5-8,11-13,26H,4,9-10H2,1-2H3,(H2,22,23,24,25). The summed E-state index contributed by atoms with van der Waals surface area (Å²) >= 11 is 0. The van der Waals surface area contributed by atoms with Gasteiger partial charge in [0.2, 0.25) is 5.95 Å².